The quantitative estimate of drug-likeness (QED) is 0.923. The summed E-state index contributed by atoms with van der Waals surface area (Å²) in [4.78, 5) is 10.4. The second kappa shape index (κ2) is 5.95. The average Bonchev–Trinajstić information content (AvgIpc) is 2.40. The zero-order valence-electron chi connectivity index (χ0n) is 9.77. The first-order valence-corrected chi connectivity index (χ1v) is 6.22. The highest BCUT2D eigenvalue weighted by Gasteiger charge is 2.07. The van der Waals surface area contributed by atoms with Gasteiger partial charge in [-0.1, -0.05) is 47.5 Å². The molecule has 0 fully saturated rings. The highest BCUT2D eigenvalue weighted by molar-refractivity contribution is 6.43. The fourth-order valence-electron chi connectivity index (χ4n) is 1.60. The number of carboxylic acids is 1. The molecule has 0 spiro atoms. The second-order valence-electron chi connectivity index (χ2n) is 3.81. The van der Waals surface area contributed by atoms with E-state index in [2.05, 4.69) is 0 Å². The van der Waals surface area contributed by atoms with Crippen LogP contribution in [0.25, 0.3) is 11.1 Å². The van der Waals surface area contributed by atoms with Crippen molar-refractivity contribution in [2.24, 2.45) is 0 Å². The van der Waals surface area contributed by atoms with Gasteiger partial charge >= 0.3 is 5.97 Å². The Hall–Kier alpha value is -1.71. The van der Waals surface area contributed by atoms with Crippen molar-refractivity contribution < 1.29 is 14.6 Å². The van der Waals surface area contributed by atoms with E-state index in [0.717, 1.165) is 11.1 Å². The molecule has 98 valence electrons. The number of halogens is 2. The zero-order chi connectivity index (χ0) is 13.8. The molecule has 0 amide bonds. The number of rotatable bonds is 4. The monoisotopic (exact) mass is 296 g/mol. The molecular weight excluding hydrogens is 287 g/mol. The van der Waals surface area contributed by atoms with Crippen LogP contribution in [-0.4, -0.2) is 17.7 Å². The standard InChI is InChI=1S/C14H10Cl2O3/c15-12-3-1-2-11(14(12)16)9-4-6-10(7-5-9)19-8-13(17)18/h1-7H,8H2,(H,17,18). The van der Waals surface area contributed by atoms with Crippen molar-refractivity contribution in [3.05, 3.63) is 52.5 Å². The van der Waals surface area contributed by atoms with Crippen molar-refractivity contribution >= 4 is 29.2 Å². The first-order valence-electron chi connectivity index (χ1n) is 5.47. The molecular formula is C14H10Cl2O3. The Bertz CT molecular complexity index is 594. The van der Waals surface area contributed by atoms with E-state index in [4.69, 9.17) is 33.0 Å². The molecule has 0 aliphatic rings. The van der Waals surface area contributed by atoms with Crippen molar-refractivity contribution in [2.45, 2.75) is 0 Å². The maximum Gasteiger partial charge on any atom is 0.341 e. The van der Waals surface area contributed by atoms with Gasteiger partial charge in [-0.3, -0.25) is 0 Å². The van der Waals surface area contributed by atoms with Gasteiger partial charge in [0.1, 0.15) is 5.75 Å². The fourth-order valence-corrected chi connectivity index (χ4v) is 2.01. The van der Waals surface area contributed by atoms with Crippen LogP contribution in [0.5, 0.6) is 5.75 Å². The van der Waals surface area contributed by atoms with Crippen LogP contribution in [0, 0.1) is 0 Å². The van der Waals surface area contributed by atoms with Gasteiger partial charge < -0.3 is 9.84 Å². The van der Waals surface area contributed by atoms with Gasteiger partial charge in [-0.2, -0.15) is 0 Å². The molecule has 0 radical (unpaired) electrons. The minimum atomic E-state index is -1.01. The third-order valence-electron chi connectivity index (χ3n) is 2.48. The smallest absolute Gasteiger partial charge is 0.341 e. The molecule has 2 rings (SSSR count). The maximum absolute atomic E-state index is 10.4. The Balaban J connectivity index is 2.22. The number of benzene rings is 2. The van der Waals surface area contributed by atoms with Crippen molar-refractivity contribution in [3.8, 4) is 16.9 Å². The third-order valence-corrected chi connectivity index (χ3v) is 3.30. The summed E-state index contributed by atoms with van der Waals surface area (Å²) in [6.07, 6.45) is 0. The van der Waals surface area contributed by atoms with Gasteiger partial charge in [0.05, 0.1) is 10.0 Å². The molecule has 19 heavy (non-hydrogen) atoms. The number of hydrogen-bond donors (Lipinski definition) is 1. The Labute approximate surface area is 120 Å². The number of hydrogen-bond acceptors (Lipinski definition) is 2. The maximum atomic E-state index is 10.4. The normalized spacial score (nSPS) is 10.2. The van der Waals surface area contributed by atoms with Crippen LogP contribution in [0.1, 0.15) is 0 Å². The van der Waals surface area contributed by atoms with E-state index in [9.17, 15) is 4.79 Å². The summed E-state index contributed by atoms with van der Waals surface area (Å²) in [5.74, 6) is -0.522. The molecule has 1 N–H and O–H groups in total. The van der Waals surface area contributed by atoms with Crippen LogP contribution >= 0.6 is 23.2 Å². The lowest BCUT2D eigenvalue weighted by Crippen LogP contribution is -2.09. The van der Waals surface area contributed by atoms with E-state index in [0.29, 0.717) is 15.8 Å². The number of aliphatic carboxylic acids is 1. The van der Waals surface area contributed by atoms with Gasteiger partial charge in [0.2, 0.25) is 0 Å². The molecule has 0 aliphatic heterocycles. The molecule has 0 aliphatic carbocycles. The highest BCUT2D eigenvalue weighted by Crippen LogP contribution is 2.33. The molecule has 2 aromatic rings. The number of carbonyl (C=O) groups is 1. The van der Waals surface area contributed by atoms with Gasteiger partial charge in [0.15, 0.2) is 6.61 Å². The minimum Gasteiger partial charge on any atom is -0.482 e. The summed E-state index contributed by atoms with van der Waals surface area (Å²) in [7, 11) is 0. The van der Waals surface area contributed by atoms with Crippen LogP contribution in [0.15, 0.2) is 42.5 Å². The lowest BCUT2D eigenvalue weighted by Gasteiger charge is -2.07. The summed E-state index contributed by atoms with van der Waals surface area (Å²) < 4.78 is 5.05. The predicted octanol–water partition coefficient (Wildman–Crippen LogP) is 4.12. The Morgan fingerprint density at radius 2 is 1.79 bits per heavy atom. The van der Waals surface area contributed by atoms with Gasteiger partial charge in [-0.25, -0.2) is 4.79 Å². The van der Waals surface area contributed by atoms with Crippen molar-refractivity contribution in [1.29, 1.82) is 0 Å². The molecule has 0 aromatic heterocycles. The summed E-state index contributed by atoms with van der Waals surface area (Å²) in [5, 5.41) is 9.50. The molecule has 0 saturated heterocycles. The molecule has 3 nitrogen and oxygen atoms in total. The van der Waals surface area contributed by atoms with E-state index in [1.807, 2.05) is 12.1 Å². The zero-order valence-corrected chi connectivity index (χ0v) is 11.3. The lowest BCUT2D eigenvalue weighted by atomic mass is 10.1. The topological polar surface area (TPSA) is 46.5 Å². The molecule has 0 unspecified atom stereocenters. The van der Waals surface area contributed by atoms with E-state index in [-0.39, 0.29) is 6.61 Å². The molecule has 2 aromatic carbocycles. The highest BCUT2D eigenvalue weighted by atomic mass is 35.5. The van der Waals surface area contributed by atoms with Crippen LogP contribution in [-0.2, 0) is 4.79 Å². The summed E-state index contributed by atoms with van der Waals surface area (Å²) in [6.45, 7) is -0.364. The summed E-state index contributed by atoms with van der Waals surface area (Å²) in [5.41, 5.74) is 1.70. The van der Waals surface area contributed by atoms with E-state index in [1.54, 1.807) is 30.3 Å². The Kier molecular flexibility index (Phi) is 4.30. The Morgan fingerprint density at radius 3 is 2.42 bits per heavy atom. The minimum absolute atomic E-state index is 0.364. The fraction of sp³-hybridized carbons (Fsp3) is 0.0714. The second-order valence-corrected chi connectivity index (χ2v) is 4.59. The molecule has 0 atom stereocenters. The largest absolute Gasteiger partial charge is 0.482 e. The van der Waals surface area contributed by atoms with Gasteiger partial charge in [-0.15, -0.1) is 0 Å². The van der Waals surface area contributed by atoms with Crippen LogP contribution < -0.4 is 4.74 Å². The predicted molar refractivity (Wildman–Crippen MR) is 75.0 cm³/mol. The van der Waals surface area contributed by atoms with Gasteiger partial charge in [0.25, 0.3) is 0 Å². The Morgan fingerprint density at radius 1 is 1.11 bits per heavy atom. The summed E-state index contributed by atoms with van der Waals surface area (Å²) in [6, 6.07) is 12.4. The molecule has 0 heterocycles. The lowest BCUT2D eigenvalue weighted by molar-refractivity contribution is -0.139. The van der Waals surface area contributed by atoms with Crippen LogP contribution in [0.4, 0.5) is 0 Å². The van der Waals surface area contributed by atoms with Crippen LogP contribution in [0.3, 0.4) is 0 Å². The van der Waals surface area contributed by atoms with Crippen molar-refractivity contribution in [3.63, 3.8) is 0 Å². The van der Waals surface area contributed by atoms with Gasteiger partial charge in [0, 0.05) is 5.56 Å². The van der Waals surface area contributed by atoms with E-state index in [1.165, 1.54) is 0 Å². The van der Waals surface area contributed by atoms with Crippen molar-refractivity contribution in [2.75, 3.05) is 6.61 Å². The van der Waals surface area contributed by atoms with Crippen LogP contribution in [0.2, 0.25) is 10.0 Å². The SMILES string of the molecule is O=C(O)COc1ccc(-c2cccc(Cl)c2Cl)cc1. The molecule has 5 heteroatoms. The number of ether oxygens (including phenoxy) is 1. The van der Waals surface area contributed by atoms with Gasteiger partial charge in [-0.05, 0) is 23.8 Å². The molecule has 0 bridgehead atoms. The van der Waals surface area contributed by atoms with Crippen molar-refractivity contribution in [1.82, 2.24) is 0 Å². The first-order chi connectivity index (χ1) is 9.08. The number of carboxylic acid groups (broad SMARTS) is 1. The van der Waals surface area contributed by atoms with E-state index >= 15 is 0 Å². The average molecular weight is 297 g/mol. The summed E-state index contributed by atoms with van der Waals surface area (Å²) >= 11 is 12.1. The third kappa shape index (κ3) is 3.40. The van der Waals surface area contributed by atoms with E-state index < -0.39 is 5.97 Å². The first kappa shape index (κ1) is 13.7. The molecule has 0 saturated carbocycles.